The molecule has 0 saturated carbocycles. The molecule has 21 heavy (non-hydrogen) atoms. The lowest BCUT2D eigenvalue weighted by atomic mass is 9.96. The minimum atomic E-state index is 0.0368. The molecule has 1 aromatic heterocycles. The standard InChI is InChI=1S/C14H21N5OS/c1-10(2)13-17-18-14(21-13)16-12(20)11-4-8-19(9-5-11)7-3-6-15/h10-11H,3-5,7-9H2,1-2H3,(H,16,18,20). The van der Waals surface area contributed by atoms with Gasteiger partial charge in [-0.25, -0.2) is 0 Å². The highest BCUT2D eigenvalue weighted by molar-refractivity contribution is 7.15. The van der Waals surface area contributed by atoms with E-state index in [4.69, 9.17) is 5.26 Å². The third-order valence-corrected chi connectivity index (χ3v) is 4.80. The van der Waals surface area contributed by atoms with Crippen molar-refractivity contribution in [3.63, 3.8) is 0 Å². The number of hydrogen-bond donors (Lipinski definition) is 1. The summed E-state index contributed by atoms with van der Waals surface area (Å²) in [4.78, 5) is 14.5. The highest BCUT2D eigenvalue weighted by Crippen LogP contribution is 2.24. The van der Waals surface area contributed by atoms with Gasteiger partial charge in [0.1, 0.15) is 5.01 Å². The number of anilines is 1. The fourth-order valence-corrected chi connectivity index (χ4v) is 3.10. The largest absolute Gasteiger partial charge is 0.302 e. The van der Waals surface area contributed by atoms with Crippen LogP contribution in [0.25, 0.3) is 0 Å². The highest BCUT2D eigenvalue weighted by atomic mass is 32.1. The number of nitriles is 1. The number of amides is 1. The van der Waals surface area contributed by atoms with E-state index in [1.807, 2.05) is 0 Å². The molecule has 0 radical (unpaired) electrons. The Morgan fingerprint density at radius 1 is 1.48 bits per heavy atom. The summed E-state index contributed by atoms with van der Waals surface area (Å²) in [5, 5.41) is 21.1. The maximum absolute atomic E-state index is 12.2. The Bertz CT molecular complexity index is 514. The van der Waals surface area contributed by atoms with Gasteiger partial charge in [0, 0.05) is 24.8 Å². The number of hydrogen-bond acceptors (Lipinski definition) is 6. The number of rotatable bonds is 5. The predicted octanol–water partition coefficient (Wildman–Crippen LogP) is 2.23. The summed E-state index contributed by atoms with van der Waals surface area (Å²) in [5.74, 6) is 0.410. The minimum Gasteiger partial charge on any atom is -0.302 e. The first kappa shape index (κ1) is 15.9. The Balaban J connectivity index is 1.80. The van der Waals surface area contributed by atoms with Crippen LogP contribution in [0.2, 0.25) is 0 Å². The molecule has 2 heterocycles. The van der Waals surface area contributed by atoms with E-state index in [9.17, 15) is 4.79 Å². The van der Waals surface area contributed by atoms with E-state index in [0.29, 0.717) is 17.5 Å². The molecule has 2 rings (SSSR count). The molecule has 1 aromatic rings. The van der Waals surface area contributed by atoms with Crippen molar-refractivity contribution in [3.8, 4) is 6.07 Å². The SMILES string of the molecule is CC(C)c1nnc(NC(=O)C2CCN(CCC#N)CC2)s1. The zero-order chi connectivity index (χ0) is 15.2. The van der Waals surface area contributed by atoms with Gasteiger partial charge in [-0.1, -0.05) is 25.2 Å². The fraction of sp³-hybridized carbons (Fsp3) is 0.714. The van der Waals surface area contributed by atoms with Crippen LogP contribution in [0, 0.1) is 17.2 Å². The Morgan fingerprint density at radius 3 is 2.76 bits per heavy atom. The number of likely N-dealkylation sites (tertiary alicyclic amines) is 1. The maximum atomic E-state index is 12.2. The molecule has 1 aliphatic rings. The second-order valence-electron chi connectivity index (χ2n) is 5.61. The molecule has 0 aromatic carbocycles. The molecule has 6 nitrogen and oxygen atoms in total. The van der Waals surface area contributed by atoms with Crippen LogP contribution < -0.4 is 5.32 Å². The summed E-state index contributed by atoms with van der Waals surface area (Å²) >= 11 is 1.44. The van der Waals surface area contributed by atoms with Gasteiger partial charge in [-0.05, 0) is 25.9 Å². The van der Waals surface area contributed by atoms with Crippen LogP contribution in [-0.2, 0) is 4.79 Å². The van der Waals surface area contributed by atoms with Gasteiger partial charge < -0.3 is 10.2 Å². The first-order chi connectivity index (χ1) is 10.1. The van der Waals surface area contributed by atoms with E-state index in [1.54, 1.807) is 0 Å². The zero-order valence-corrected chi connectivity index (χ0v) is 13.3. The zero-order valence-electron chi connectivity index (χ0n) is 12.5. The summed E-state index contributed by atoms with van der Waals surface area (Å²) in [5.41, 5.74) is 0. The Morgan fingerprint density at radius 2 is 2.19 bits per heavy atom. The quantitative estimate of drug-likeness (QED) is 0.902. The molecule has 1 saturated heterocycles. The molecule has 0 spiro atoms. The lowest BCUT2D eigenvalue weighted by molar-refractivity contribution is -0.121. The van der Waals surface area contributed by atoms with E-state index in [1.165, 1.54) is 11.3 Å². The van der Waals surface area contributed by atoms with Crippen molar-refractivity contribution >= 4 is 22.4 Å². The lowest BCUT2D eigenvalue weighted by Crippen LogP contribution is -2.38. The number of piperidine rings is 1. The molecular formula is C14H21N5OS. The van der Waals surface area contributed by atoms with Crippen molar-refractivity contribution in [2.24, 2.45) is 5.92 Å². The van der Waals surface area contributed by atoms with E-state index in [2.05, 4.69) is 40.3 Å². The fourth-order valence-electron chi connectivity index (χ4n) is 2.35. The second-order valence-corrected chi connectivity index (χ2v) is 6.62. The van der Waals surface area contributed by atoms with Gasteiger partial charge in [0.25, 0.3) is 0 Å². The lowest BCUT2D eigenvalue weighted by Gasteiger charge is -2.30. The van der Waals surface area contributed by atoms with Crippen LogP contribution in [0.5, 0.6) is 0 Å². The van der Waals surface area contributed by atoms with Gasteiger partial charge >= 0.3 is 0 Å². The molecule has 1 fully saturated rings. The summed E-state index contributed by atoms with van der Waals surface area (Å²) in [7, 11) is 0. The minimum absolute atomic E-state index is 0.0368. The van der Waals surface area contributed by atoms with Crippen LogP contribution in [0.1, 0.15) is 44.0 Å². The molecule has 0 unspecified atom stereocenters. The van der Waals surface area contributed by atoms with Gasteiger partial charge in [-0.15, -0.1) is 10.2 Å². The molecule has 0 aliphatic carbocycles. The van der Waals surface area contributed by atoms with Crippen LogP contribution in [0.3, 0.4) is 0 Å². The molecule has 1 N–H and O–H groups in total. The van der Waals surface area contributed by atoms with Crippen LogP contribution in [0.15, 0.2) is 0 Å². The summed E-state index contributed by atoms with van der Waals surface area (Å²) < 4.78 is 0. The van der Waals surface area contributed by atoms with Crippen molar-refractivity contribution < 1.29 is 4.79 Å². The topological polar surface area (TPSA) is 81.9 Å². The van der Waals surface area contributed by atoms with Crippen molar-refractivity contribution in [3.05, 3.63) is 5.01 Å². The average molecular weight is 307 g/mol. The van der Waals surface area contributed by atoms with Gasteiger partial charge in [-0.3, -0.25) is 4.79 Å². The Hall–Kier alpha value is -1.52. The summed E-state index contributed by atoms with van der Waals surface area (Å²) in [6.07, 6.45) is 2.24. The monoisotopic (exact) mass is 307 g/mol. The van der Waals surface area contributed by atoms with Crippen molar-refractivity contribution in [1.82, 2.24) is 15.1 Å². The third kappa shape index (κ3) is 4.48. The van der Waals surface area contributed by atoms with E-state index >= 15 is 0 Å². The predicted molar refractivity (Wildman–Crippen MR) is 82.0 cm³/mol. The molecule has 0 atom stereocenters. The number of nitrogens with zero attached hydrogens (tertiary/aromatic N) is 4. The number of nitrogens with one attached hydrogen (secondary N) is 1. The number of carbonyl (C=O) groups is 1. The summed E-state index contributed by atoms with van der Waals surface area (Å²) in [6, 6.07) is 2.16. The van der Waals surface area contributed by atoms with Crippen LogP contribution in [-0.4, -0.2) is 40.6 Å². The van der Waals surface area contributed by atoms with Crippen molar-refractivity contribution in [1.29, 1.82) is 5.26 Å². The van der Waals surface area contributed by atoms with Gasteiger partial charge in [0.15, 0.2) is 0 Å². The number of aromatic nitrogens is 2. The first-order valence-corrected chi connectivity index (χ1v) is 8.15. The van der Waals surface area contributed by atoms with E-state index < -0.39 is 0 Å². The van der Waals surface area contributed by atoms with Crippen molar-refractivity contribution in [2.45, 2.75) is 39.0 Å². The molecule has 1 aliphatic heterocycles. The molecule has 114 valence electrons. The third-order valence-electron chi connectivity index (χ3n) is 3.66. The Labute approximate surface area is 129 Å². The van der Waals surface area contributed by atoms with Gasteiger partial charge in [-0.2, -0.15) is 5.26 Å². The van der Waals surface area contributed by atoms with Crippen molar-refractivity contribution in [2.75, 3.05) is 25.0 Å². The normalized spacial score (nSPS) is 16.9. The second kappa shape index (κ2) is 7.48. The maximum Gasteiger partial charge on any atom is 0.229 e. The summed E-state index contributed by atoms with van der Waals surface area (Å²) in [6.45, 7) is 6.69. The smallest absolute Gasteiger partial charge is 0.229 e. The van der Waals surface area contributed by atoms with Gasteiger partial charge in [0.2, 0.25) is 11.0 Å². The van der Waals surface area contributed by atoms with Crippen LogP contribution in [0.4, 0.5) is 5.13 Å². The van der Waals surface area contributed by atoms with E-state index in [0.717, 1.165) is 37.5 Å². The van der Waals surface area contributed by atoms with Crippen LogP contribution >= 0.6 is 11.3 Å². The van der Waals surface area contributed by atoms with E-state index in [-0.39, 0.29) is 11.8 Å². The highest BCUT2D eigenvalue weighted by Gasteiger charge is 2.25. The Kier molecular flexibility index (Phi) is 5.65. The first-order valence-electron chi connectivity index (χ1n) is 7.33. The average Bonchev–Trinajstić information content (AvgIpc) is 2.94. The molecule has 0 bridgehead atoms. The number of carbonyl (C=O) groups excluding carboxylic acids is 1. The van der Waals surface area contributed by atoms with Gasteiger partial charge in [0.05, 0.1) is 6.07 Å². The molecular weight excluding hydrogens is 286 g/mol. The molecule has 7 heteroatoms. The molecule has 1 amide bonds.